The van der Waals surface area contributed by atoms with Crippen LogP contribution in [0.1, 0.15) is 18.1 Å². The summed E-state index contributed by atoms with van der Waals surface area (Å²) in [4.78, 5) is 16.5. The summed E-state index contributed by atoms with van der Waals surface area (Å²) in [6, 6.07) is 18.6. The Bertz CT molecular complexity index is 1290. The second-order valence-corrected chi connectivity index (χ2v) is 8.19. The Morgan fingerprint density at radius 3 is 2.52 bits per heavy atom. The zero-order valence-electron chi connectivity index (χ0n) is 18.1. The van der Waals surface area contributed by atoms with Crippen molar-refractivity contribution in [2.75, 3.05) is 5.75 Å². The number of hydrazone groups is 1. The smallest absolute Gasteiger partial charge is 0.250 e. The standard InChI is InChI=1S/C24H22N6O2S/c1-16-7-9-19(10-8-16)30-23(18-11-13-25-14-12-18)28-29-24(30)33-15-22(32)27-26-17(2)20-5-3-4-6-21(20)31/h3-14,31H,15H2,1-2H3,(H,27,32)/b26-17+. The van der Waals surface area contributed by atoms with Gasteiger partial charge < -0.3 is 5.11 Å². The highest BCUT2D eigenvalue weighted by Gasteiger charge is 2.17. The summed E-state index contributed by atoms with van der Waals surface area (Å²) in [7, 11) is 0. The van der Waals surface area contributed by atoms with Gasteiger partial charge in [0.1, 0.15) is 5.75 Å². The van der Waals surface area contributed by atoms with Gasteiger partial charge in [-0.15, -0.1) is 10.2 Å². The molecule has 2 aromatic carbocycles. The fraction of sp³-hybridized carbons (Fsp3) is 0.125. The molecule has 1 amide bonds. The van der Waals surface area contributed by atoms with Gasteiger partial charge in [0.15, 0.2) is 11.0 Å². The van der Waals surface area contributed by atoms with Crippen LogP contribution in [0.4, 0.5) is 0 Å². The molecule has 0 aliphatic heterocycles. The number of thioether (sulfide) groups is 1. The number of carbonyl (C=O) groups is 1. The van der Waals surface area contributed by atoms with Gasteiger partial charge in [0, 0.05) is 29.2 Å². The molecule has 4 aromatic rings. The second kappa shape index (κ2) is 10.1. The predicted molar refractivity (Wildman–Crippen MR) is 129 cm³/mol. The van der Waals surface area contributed by atoms with Crippen molar-refractivity contribution >= 4 is 23.4 Å². The van der Waals surface area contributed by atoms with E-state index in [1.54, 1.807) is 43.6 Å². The zero-order chi connectivity index (χ0) is 23.2. The van der Waals surface area contributed by atoms with Crippen LogP contribution in [0.15, 0.2) is 83.3 Å². The van der Waals surface area contributed by atoms with Gasteiger partial charge in [0.2, 0.25) is 0 Å². The third kappa shape index (κ3) is 5.27. The number of hydrogen-bond acceptors (Lipinski definition) is 7. The first kappa shape index (κ1) is 22.2. The minimum atomic E-state index is -0.293. The van der Waals surface area contributed by atoms with Crippen LogP contribution in [0.3, 0.4) is 0 Å². The second-order valence-electron chi connectivity index (χ2n) is 7.25. The van der Waals surface area contributed by atoms with Crippen LogP contribution < -0.4 is 5.43 Å². The van der Waals surface area contributed by atoms with E-state index in [0.717, 1.165) is 16.8 Å². The average Bonchev–Trinajstić information content (AvgIpc) is 3.26. The van der Waals surface area contributed by atoms with Gasteiger partial charge in [-0.2, -0.15) is 5.10 Å². The van der Waals surface area contributed by atoms with E-state index in [9.17, 15) is 9.90 Å². The molecule has 0 atom stereocenters. The SMILES string of the molecule is C/C(=N\NC(=O)CSc1nnc(-c2ccncc2)n1-c1ccc(C)cc1)c1ccccc1O. The molecule has 0 unspecified atom stereocenters. The van der Waals surface area contributed by atoms with Crippen molar-refractivity contribution in [2.24, 2.45) is 5.10 Å². The van der Waals surface area contributed by atoms with E-state index in [1.165, 1.54) is 11.8 Å². The maximum absolute atomic E-state index is 12.4. The minimum absolute atomic E-state index is 0.0951. The number of nitrogens with one attached hydrogen (secondary N) is 1. The fourth-order valence-corrected chi connectivity index (χ4v) is 3.87. The molecule has 2 N–H and O–H groups in total. The Morgan fingerprint density at radius 2 is 1.79 bits per heavy atom. The van der Waals surface area contributed by atoms with E-state index in [4.69, 9.17) is 0 Å². The lowest BCUT2D eigenvalue weighted by Crippen LogP contribution is -2.21. The molecule has 166 valence electrons. The van der Waals surface area contributed by atoms with Crippen LogP contribution >= 0.6 is 11.8 Å². The first-order valence-electron chi connectivity index (χ1n) is 10.2. The van der Waals surface area contributed by atoms with Crippen molar-refractivity contribution in [3.63, 3.8) is 0 Å². The lowest BCUT2D eigenvalue weighted by Gasteiger charge is -2.10. The van der Waals surface area contributed by atoms with Crippen molar-refractivity contribution in [3.05, 3.63) is 84.2 Å². The topological polar surface area (TPSA) is 105 Å². The van der Waals surface area contributed by atoms with Gasteiger partial charge in [0.25, 0.3) is 5.91 Å². The Balaban J connectivity index is 1.53. The first-order chi connectivity index (χ1) is 16.0. The van der Waals surface area contributed by atoms with Crippen molar-refractivity contribution in [1.82, 2.24) is 25.2 Å². The number of para-hydroxylation sites is 1. The summed E-state index contributed by atoms with van der Waals surface area (Å²) in [6.07, 6.45) is 3.41. The molecule has 0 fully saturated rings. The van der Waals surface area contributed by atoms with E-state index < -0.39 is 0 Å². The molecule has 0 aliphatic carbocycles. The monoisotopic (exact) mass is 458 g/mol. The molecule has 9 heteroatoms. The predicted octanol–water partition coefficient (Wildman–Crippen LogP) is 3.98. The Kier molecular flexibility index (Phi) is 6.80. The van der Waals surface area contributed by atoms with Gasteiger partial charge in [-0.25, -0.2) is 5.43 Å². The Morgan fingerprint density at radius 1 is 1.06 bits per heavy atom. The molecular formula is C24H22N6O2S. The fourth-order valence-electron chi connectivity index (χ4n) is 3.13. The van der Waals surface area contributed by atoms with Crippen LogP contribution in [-0.2, 0) is 4.79 Å². The van der Waals surface area contributed by atoms with Crippen LogP contribution in [0.5, 0.6) is 5.75 Å². The first-order valence-corrected chi connectivity index (χ1v) is 11.2. The summed E-state index contributed by atoms with van der Waals surface area (Å²) in [6.45, 7) is 3.74. The molecule has 0 saturated carbocycles. The molecule has 0 radical (unpaired) electrons. The van der Waals surface area contributed by atoms with Crippen LogP contribution in [0.2, 0.25) is 0 Å². The summed E-state index contributed by atoms with van der Waals surface area (Å²) in [5, 5.41) is 23.3. The minimum Gasteiger partial charge on any atom is -0.507 e. The van der Waals surface area contributed by atoms with Crippen molar-refractivity contribution < 1.29 is 9.90 Å². The van der Waals surface area contributed by atoms with Gasteiger partial charge in [-0.3, -0.25) is 14.3 Å². The molecule has 33 heavy (non-hydrogen) atoms. The molecule has 4 rings (SSSR count). The van der Waals surface area contributed by atoms with E-state index >= 15 is 0 Å². The van der Waals surface area contributed by atoms with Gasteiger partial charge in [0.05, 0.1) is 11.5 Å². The summed E-state index contributed by atoms with van der Waals surface area (Å²) in [5.41, 5.74) is 6.52. The number of phenols is 1. The molecule has 2 heterocycles. The van der Waals surface area contributed by atoms with E-state index in [1.807, 2.05) is 47.9 Å². The highest BCUT2D eigenvalue weighted by Crippen LogP contribution is 2.27. The number of hydrogen-bond donors (Lipinski definition) is 2. The zero-order valence-corrected chi connectivity index (χ0v) is 19.0. The highest BCUT2D eigenvalue weighted by atomic mass is 32.2. The Labute approximate surface area is 195 Å². The molecule has 2 aromatic heterocycles. The lowest BCUT2D eigenvalue weighted by atomic mass is 10.1. The normalized spacial score (nSPS) is 11.4. The van der Waals surface area contributed by atoms with E-state index in [-0.39, 0.29) is 17.4 Å². The third-order valence-corrected chi connectivity index (χ3v) is 5.77. The van der Waals surface area contributed by atoms with Crippen LogP contribution in [-0.4, -0.2) is 42.2 Å². The van der Waals surface area contributed by atoms with Crippen molar-refractivity contribution in [2.45, 2.75) is 19.0 Å². The lowest BCUT2D eigenvalue weighted by molar-refractivity contribution is -0.118. The maximum atomic E-state index is 12.4. The molecule has 8 nitrogen and oxygen atoms in total. The number of aromatic hydroxyl groups is 1. The summed E-state index contributed by atoms with van der Waals surface area (Å²) < 4.78 is 1.92. The number of nitrogens with zero attached hydrogens (tertiary/aromatic N) is 5. The van der Waals surface area contributed by atoms with Gasteiger partial charge in [-0.05, 0) is 50.2 Å². The maximum Gasteiger partial charge on any atom is 0.250 e. The largest absolute Gasteiger partial charge is 0.507 e. The number of aromatic nitrogens is 4. The number of amides is 1. The van der Waals surface area contributed by atoms with Crippen molar-refractivity contribution in [3.8, 4) is 22.8 Å². The average molecular weight is 459 g/mol. The molecule has 0 saturated heterocycles. The summed E-state index contributed by atoms with van der Waals surface area (Å²) >= 11 is 1.26. The number of carbonyl (C=O) groups excluding carboxylic acids is 1. The van der Waals surface area contributed by atoms with E-state index in [0.29, 0.717) is 22.3 Å². The van der Waals surface area contributed by atoms with Gasteiger partial charge >= 0.3 is 0 Å². The van der Waals surface area contributed by atoms with Crippen LogP contribution in [0.25, 0.3) is 17.1 Å². The number of pyridine rings is 1. The highest BCUT2D eigenvalue weighted by molar-refractivity contribution is 7.99. The summed E-state index contributed by atoms with van der Waals surface area (Å²) in [5.74, 6) is 0.575. The number of aryl methyl sites for hydroxylation is 1. The quantitative estimate of drug-likeness (QED) is 0.247. The third-order valence-electron chi connectivity index (χ3n) is 4.84. The molecule has 0 bridgehead atoms. The van der Waals surface area contributed by atoms with Crippen molar-refractivity contribution in [1.29, 1.82) is 0 Å². The Hall–Kier alpha value is -3.98. The van der Waals surface area contributed by atoms with E-state index in [2.05, 4.69) is 25.7 Å². The number of benzene rings is 2. The number of rotatable bonds is 7. The number of phenolic OH excluding ortho intramolecular Hbond substituents is 1. The molecule has 0 aliphatic rings. The molecule has 0 spiro atoms. The van der Waals surface area contributed by atoms with Crippen LogP contribution in [0, 0.1) is 6.92 Å². The van der Waals surface area contributed by atoms with Gasteiger partial charge in [-0.1, -0.05) is 41.6 Å². The molecular weight excluding hydrogens is 436 g/mol.